The van der Waals surface area contributed by atoms with E-state index in [1.54, 1.807) is 36.6 Å². The van der Waals surface area contributed by atoms with E-state index in [9.17, 15) is 9.59 Å². The molecule has 128 valence electrons. The van der Waals surface area contributed by atoms with Gasteiger partial charge in [0.1, 0.15) is 0 Å². The molecule has 0 unspecified atom stereocenters. The number of amides is 3. The van der Waals surface area contributed by atoms with Crippen LogP contribution in [0.25, 0.3) is 0 Å². The molecule has 3 amide bonds. The van der Waals surface area contributed by atoms with Crippen molar-refractivity contribution in [3.8, 4) is 0 Å². The lowest BCUT2D eigenvalue weighted by Gasteiger charge is -2.12. The lowest BCUT2D eigenvalue weighted by atomic mass is 10.1. The van der Waals surface area contributed by atoms with Crippen molar-refractivity contribution in [2.24, 2.45) is 0 Å². The Morgan fingerprint density at radius 2 is 2.08 bits per heavy atom. The Bertz CT molecular complexity index is 727. The van der Waals surface area contributed by atoms with Crippen LogP contribution in [0.1, 0.15) is 32.7 Å². The predicted molar refractivity (Wildman–Crippen MR) is 96.8 cm³/mol. The number of urea groups is 1. The van der Waals surface area contributed by atoms with Gasteiger partial charge in [-0.15, -0.1) is 11.3 Å². The standard InChI is InChI=1S/C17H22N4O2S/c1-4-12-10-20-15(24-12)8-9-19-17(23)21-14-7-5-6-13(11(14)2)16(22)18-3/h5-7,10H,4,8-9H2,1-3H3,(H,18,22)(H2,19,21,23). The highest BCUT2D eigenvalue weighted by molar-refractivity contribution is 7.11. The third-order valence-electron chi connectivity index (χ3n) is 3.63. The minimum absolute atomic E-state index is 0.174. The Labute approximate surface area is 145 Å². The van der Waals surface area contributed by atoms with Gasteiger partial charge in [-0.25, -0.2) is 9.78 Å². The van der Waals surface area contributed by atoms with E-state index in [0.717, 1.165) is 17.0 Å². The minimum Gasteiger partial charge on any atom is -0.355 e. The molecular weight excluding hydrogens is 324 g/mol. The number of hydrogen-bond acceptors (Lipinski definition) is 4. The number of aryl methyl sites for hydroxylation is 1. The Morgan fingerprint density at radius 3 is 2.75 bits per heavy atom. The molecule has 0 bridgehead atoms. The van der Waals surface area contributed by atoms with Gasteiger partial charge in [-0.3, -0.25) is 4.79 Å². The molecule has 24 heavy (non-hydrogen) atoms. The molecule has 0 atom stereocenters. The molecule has 7 heteroatoms. The van der Waals surface area contributed by atoms with Crippen molar-refractivity contribution in [3.05, 3.63) is 45.4 Å². The molecule has 0 saturated heterocycles. The number of carbonyl (C=O) groups excluding carboxylic acids is 2. The van der Waals surface area contributed by atoms with Gasteiger partial charge in [-0.05, 0) is 31.0 Å². The fraction of sp³-hybridized carbons (Fsp3) is 0.353. The fourth-order valence-corrected chi connectivity index (χ4v) is 3.09. The van der Waals surface area contributed by atoms with Gasteiger partial charge >= 0.3 is 6.03 Å². The number of aromatic nitrogens is 1. The highest BCUT2D eigenvalue weighted by Gasteiger charge is 2.11. The minimum atomic E-state index is -0.292. The van der Waals surface area contributed by atoms with Crippen LogP contribution in [0.4, 0.5) is 10.5 Å². The number of nitrogens with zero attached hydrogens (tertiary/aromatic N) is 1. The zero-order valence-electron chi connectivity index (χ0n) is 14.1. The van der Waals surface area contributed by atoms with Gasteiger partial charge in [0.2, 0.25) is 0 Å². The first-order valence-corrected chi connectivity index (χ1v) is 8.67. The zero-order valence-corrected chi connectivity index (χ0v) is 14.9. The van der Waals surface area contributed by atoms with Gasteiger partial charge in [0.05, 0.1) is 5.01 Å². The second-order valence-electron chi connectivity index (χ2n) is 5.26. The van der Waals surface area contributed by atoms with Crippen LogP contribution in [0.3, 0.4) is 0 Å². The van der Waals surface area contributed by atoms with Crippen LogP contribution in [-0.2, 0) is 12.8 Å². The molecule has 0 radical (unpaired) electrons. The first-order valence-electron chi connectivity index (χ1n) is 7.85. The third kappa shape index (κ3) is 4.55. The van der Waals surface area contributed by atoms with Gasteiger partial charge in [0.15, 0.2) is 0 Å². The second-order valence-corrected chi connectivity index (χ2v) is 6.46. The normalized spacial score (nSPS) is 10.3. The summed E-state index contributed by atoms with van der Waals surface area (Å²) >= 11 is 1.67. The number of benzene rings is 1. The average molecular weight is 346 g/mol. The second kappa shape index (κ2) is 8.44. The van der Waals surface area contributed by atoms with Crippen molar-refractivity contribution in [2.45, 2.75) is 26.7 Å². The summed E-state index contributed by atoms with van der Waals surface area (Å²) in [7, 11) is 1.58. The molecule has 2 aromatic rings. The van der Waals surface area contributed by atoms with E-state index in [4.69, 9.17) is 0 Å². The number of thiazole rings is 1. The van der Waals surface area contributed by atoms with E-state index in [-0.39, 0.29) is 11.9 Å². The first-order chi connectivity index (χ1) is 11.5. The predicted octanol–water partition coefficient (Wildman–Crippen LogP) is 2.74. The van der Waals surface area contributed by atoms with Crippen LogP contribution in [-0.4, -0.2) is 30.5 Å². The monoisotopic (exact) mass is 346 g/mol. The van der Waals surface area contributed by atoms with Crippen molar-refractivity contribution in [3.63, 3.8) is 0 Å². The van der Waals surface area contributed by atoms with Crippen molar-refractivity contribution in [2.75, 3.05) is 18.9 Å². The summed E-state index contributed by atoms with van der Waals surface area (Å²) in [5.41, 5.74) is 1.90. The van der Waals surface area contributed by atoms with Crippen LogP contribution < -0.4 is 16.0 Å². The van der Waals surface area contributed by atoms with Crippen LogP contribution in [0.15, 0.2) is 24.4 Å². The maximum atomic E-state index is 12.0. The lowest BCUT2D eigenvalue weighted by Crippen LogP contribution is -2.31. The molecule has 0 aliphatic rings. The molecule has 0 saturated carbocycles. The molecule has 1 aromatic carbocycles. The molecular formula is C17H22N4O2S. The quantitative estimate of drug-likeness (QED) is 0.752. The summed E-state index contributed by atoms with van der Waals surface area (Å²) in [5.74, 6) is -0.174. The molecule has 0 aliphatic carbocycles. The number of anilines is 1. The Hall–Kier alpha value is -2.41. The Balaban J connectivity index is 1.89. The van der Waals surface area contributed by atoms with Crippen molar-refractivity contribution < 1.29 is 9.59 Å². The van der Waals surface area contributed by atoms with Crippen LogP contribution >= 0.6 is 11.3 Å². The number of nitrogens with one attached hydrogen (secondary N) is 3. The van der Waals surface area contributed by atoms with E-state index < -0.39 is 0 Å². The summed E-state index contributed by atoms with van der Waals surface area (Å²) in [6.45, 7) is 4.41. The zero-order chi connectivity index (χ0) is 17.5. The molecule has 1 heterocycles. The van der Waals surface area contributed by atoms with Gasteiger partial charge in [0, 0.05) is 42.3 Å². The lowest BCUT2D eigenvalue weighted by molar-refractivity contribution is 0.0962. The summed E-state index contributed by atoms with van der Waals surface area (Å²) in [4.78, 5) is 29.4. The highest BCUT2D eigenvalue weighted by Crippen LogP contribution is 2.19. The van der Waals surface area contributed by atoms with E-state index in [2.05, 4.69) is 27.9 Å². The van der Waals surface area contributed by atoms with Crippen LogP contribution in [0.5, 0.6) is 0 Å². The van der Waals surface area contributed by atoms with E-state index in [0.29, 0.717) is 24.2 Å². The van der Waals surface area contributed by atoms with E-state index >= 15 is 0 Å². The summed E-state index contributed by atoms with van der Waals surface area (Å²) in [6, 6.07) is 4.95. The Kier molecular flexibility index (Phi) is 6.31. The fourth-order valence-electron chi connectivity index (χ4n) is 2.23. The smallest absolute Gasteiger partial charge is 0.319 e. The third-order valence-corrected chi connectivity index (χ3v) is 4.83. The topological polar surface area (TPSA) is 83.1 Å². The largest absolute Gasteiger partial charge is 0.355 e. The first kappa shape index (κ1) is 17.9. The number of carbonyl (C=O) groups is 2. The van der Waals surface area contributed by atoms with Crippen molar-refractivity contribution >= 4 is 29.0 Å². The molecule has 2 rings (SSSR count). The maximum Gasteiger partial charge on any atom is 0.319 e. The molecule has 6 nitrogen and oxygen atoms in total. The number of hydrogen-bond donors (Lipinski definition) is 3. The van der Waals surface area contributed by atoms with Crippen LogP contribution in [0, 0.1) is 6.92 Å². The maximum absolute atomic E-state index is 12.0. The summed E-state index contributed by atoms with van der Waals surface area (Å²) in [6.07, 6.45) is 3.57. The molecule has 0 spiro atoms. The SMILES string of the molecule is CCc1cnc(CCNC(=O)Nc2cccc(C(=O)NC)c2C)s1. The molecule has 0 fully saturated rings. The Morgan fingerprint density at radius 1 is 1.29 bits per heavy atom. The van der Waals surface area contributed by atoms with E-state index in [1.165, 1.54) is 4.88 Å². The van der Waals surface area contributed by atoms with Crippen LogP contribution in [0.2, 0.25) is 0 Å². The number of rotatable bonds is 6. The highest BCUT2D eigenvalue weighted by atomic mass is 32.1. The van der Waals surface area contributed by atoms with Gasteiger partial charge in [-0.1, -0.05) is 13.0 Å². The molecule has 1 aromatic heterocycles. The van der Waals surface area contributed by atoms with Gasteiger partial charge in [-0.2, -0.15) is 0 Å². The summed E-state index contributed by atoms with van der Waals surface area (Å²) < 4.78 is 0. The molecule has 3 N–H and O–H groups in total. The summed E-state index contributed by atoms with van der Waals surface area (Å²) in [5, 5.41) is 9.21. The van der Waals surface area contributed by atoms with Gasteiger partial charge < -0.3 is 16.0 Å². The van der Waals surface area contributed by atoms with Gasteiger partial charge in [0.25, 0.3) is 5.91 Å². The van der Waals surface area contributed by atoms with Crippen molar-refractivity contribution in [1.29, 1.82) is 0 Å². The average Bonchev–Trinajstić information content (AvgIpc) is 3.04. The van der Waals surface area contributed by atoms with Crippen molar-refractivity contribution in [1.82, 2.24) is 15.6 Å². The molecule has 0 aliphatic heterocycles. The van der Waals surface area contributed by atoms with E-state index in [1.807, 2.05) is 13.1 Å².